The highest BCUT2D eigenvalue weighted by atomic mass is 79.9. The van der Waals surface area contributed by atoms with E-state index in [-0.39, 0.29) is 6.04 Å². The molecule has 2 rings (SSSR count). The molecule has 2 aromatic rings. The molecule has 1 aromatic carbocycles. The van der Waals surface area contributed by atoms with Gasteiger partial charge in [-0.2, -0.15) is 0 Å². The van der Waals surface area contributed by atoms with Gasteiger partial charge in [0.05, 0.1) is 25.8 Å². The van der Waals surface area contributed by atoms with Crippen molar-refractivity contribution in [2.45, 2.75) is 13.0 Å². The van der Waals surface area contributed by atoms with Crippen molar-refractivity contribution in [3.05, 3.63) is 44.6 Å². The lowest BCUT2D eigenvalue weighted by atomic mass is 10.0. The topological polar surface area (TPSA) is 30.5 Å². The summed E-state index contributed by atoms with van der Waals surface area (Å²) in [6.07, 6.45) is 0. The second kappa shape index (κ2) is 7.11. The van der Waals surface area contributed by atoms with Gasteiger partial charge in [-0.3, -0.25) is 0 Å². The Morgan fingerprint density at radius 1 is 1.25 bits per heavy atom. The van der Waals surface area contributed by atoms with Crippen LogP contribution in [0.3, 0.4) is 0 Å². The lowest BCUT2D eigenvalue weighted by molar-refractivity contribution is 0.378. The smallest absolute Gasteiger partial charge is 0.127 e. The summed E-state index contributed by atoms with van der Waals surface area (Å²) in [6.45, 7) is 2.96. The number of rotatable bonds is 6. The third-order valence-corrected chi connectivity index (χ3v) is 4.79. The van der Waals surface area contributed by atoms with Gasteiger partial charge in [0.2, 0.25) is 0 Å². The van der Waals surface area contributed by atoms with Crippen molar-refractivity contribution in [3.8, 4) is 11.5 Å². The van der Waals surface area contributed by atoms with Gasteiger partial charge in [-0.25, -0.2) is 0 Å². The van der Waals surface area contributed by atoms with Crippen LogP contribution in [0.15, 0.2) is 34.1 Å². The predicted molar refractivity (Wildman–Crippen MR) is 87.1 cm³/mol. The van der Waals surface area contributed by atoms with Gasteiger partial charge in [-0.05, 0) is 40.7 Å². The first kappa shape index (κ1) is 15.4. The van der Waals surface area contributed by atoms with Crippen LogP contribution in [0.5, 0.6) is 11.5 Å². The summed E-state index contributed by atoms with van der Waals surface area (Å²) < 4.78 is 12.1. The predicted octanol–water partition coefficient (Wildman–Crippen LogP) is 4.23. The molecule has 20 heavy (non-hydrogen) atoms. The van der Waals surface area contributed by atoms with Crippen LogP contribution in [0.1, 0.15) is 23.4 Å². The first-order valence-electron chi connectivity index (χ1n) is 6.39. The fourth-order valence-electron chi connectivity index (χ4n) is 2.19. The van der Waals surface area contributed by atoms with E-state index in [0.29, 0.717) is 0 Å². The van der Waals surface area contributed by atoms with E-state index in [0.717, 1.165) is 28.1 Å². The van der Waals surface area contributed by atoms with E-state index in [2.05, 4.69) is 39.6 Å². The molecular formula is C15H18BrNO2S. The van der Waals surface area contributed by atoms with Crippen molar-refractivity contribution in [1.82, 2.24) is 5.32 Å². The highest BCUT2D eigenvalue weighted by Gasteiger charge is 2.23. The molecule has 1 aromatic heterocycles. The van der Waals surface area contributed by atoms with Gasteiger partial charge in [0.25, 0.3) is 0 Å². The van der Waals surface area contributed by atoms with Crippen LogP contribution in [-0.4, -0.2) is 20.8 Å². The summed E-state index contributed by atoms with van der Waals surface area (Å²) in [5.41, 5.74) is 1.04. The third kappa shape index (κ3) is 3.16. The highest BCUT2D eigenvalue weighted by molar-refractivity contribution is 9.10. The Morgan fingerprint density at radius 3 is 2.35 bits per heavy atom. The quantitative estimate of drug-likeness (QED) is 0.840. The number of hydrogen-bond donors (Lipinski definition) is 1. The molecule has 0 radical (unpaired) electrons. The van der Waals surface area contributed by atoms with E-state index in [4.69, 9.17) is 9.47 Å². The van der Waals surface area contributed by atoms with Crippen LogP contribution in [0.2, 0.25) is 0 Å². The number of ether oxygens (including phenoxy) is 2. The van der Waals surface area contributed by atoms with Crippen molar-refractivity contribution in [2.75, 3.05) is 20.8 Å². The third-order valence-electron chi connectivity index (χ3n) is 3.04. The molecule has 108 valence electrons. The molecule has 0 aliphatic rings. The summed E-state index contributed by atoms with van der Waals surface area (Å²) in [6, 6.07) is 8.05. The average molecular weight is 356 g/mol. The van der Waals surface area contributed by atoms with Crippen LogP contribution < -0.4 is 14.8 Å². The summed E-state index contributed by atoms with van der Waals surface area (Å²) in [4.78, 5) is 1.22. The summed E-state index contributed by atoms with van der Waals surface area (Å²) in [7, 11) is 3.37. The van der Waals surface area contributed by atoms with Gasteiger partial charge in [-0.15, -0.1) is 11.3 Å². The molecule has 1 atom stereocenters. The number of benzene rings is 1. The fraction of sp³-hybridized carbons (Fsp3) is 0.333. The minimum Gasteiger partial charge on any atom is -0.496 e. The maximum absolute atomic E-state index is 5.52. The van der Waals surface area contributed by atoms with E-state index >= 15 is 0 Å². The van der Waals surface area contributed by atoms with Gasteiger partial charge in [0, 0.05) is 14.7 Å². The van der Waals surface area contributed by atoms with Crippen LogP contribution in [-0.2, 0) is 0 Å². The fourth-order valence-corrected chi connectivity index (χ4v) is 3.72. The summed E-state index contributed by atoms with van der Waals surface area (Å²) in [5.74, 6) is 1.67. The molecule has 0 saturated carbocycles. The van der Waals surface area contributed by atoms with Crippen LogP contribution in [0, 0.1) is 0 Å². The number of thiophene rings is 1. The molecule has 0 fully saturated rings. The maximum atomic E-state index is 5.52. The lowest BCUT2D eigenvalue weighted by Gasteiger charge is -2.22. The van der Waals surface area contributed by atoms with Gasteiger partial charge >= 0.3 is 0 Å². The molecule has 1 heterocycles. The average Bonchev–Trinajstić information content (AvgIpc) is 2.90. The second-order valence-electron chi connectivity index (χ2n) is 4.23. The first-order chi connectivity index (χ1) is 9.71. The van der Waals surface area contributed by atoms with E-state index in [1.165, 1.54) is 4.88 Å². The van der Waals surface area contributed by atoms with Crippen LogP contribution in [0.4, 0.5) is 0 Å². The summed E-state index contributed by atoms with van der Waals surface area (Å²) in [5, 5.41) is 5.59. The van der Waals surface area contributed by atoms with Crippen molar-refractivity contribution in [3.63, 3.8) is 0 Å². The Labute approximate surface area is 132 Å². The molecule has 1 N–H and O–H groups in total. The molecule has 3 nitrogen and oxygen atoms in total. The van der Waals surface area contributed by atoms with Crippen molar-refractivity contribution in [2.24, 2.45) is 0 Å². The van der Waals surface area contributed by atoms with Gasteiger partial charge in [-0.1, -0.05) is 13.0 Å². The van der Waals surface area contributed by atoms with Crippen molar-refractivity contribution in [1.29, 1.82) is 0 Å². The Bertz CT molecular complexity index is 549. The van der Waals surface area contributed by atoms with E-state index in [1.807, 2.05) is 18.2 Å². The summed E-state index contributed by atoms with van der Waals surface area (Å²) >= 11 is 5.23. The molecule has 0 saturated heterocycles. The largest absolute Gasteiger partial charge is 0.496 e. The Balaban J connectivity index is 2.53. The molecule has 0 aliphatic heterocycles. The second-order valence-corrected chi connectivity index (χ2v) is 6.09. The van der Waals surface area contributed by atoms with E-state index < -0.39 is 0 Å². The minimum absolute atomic E-state index is 0.0578. The standard InChI is InChI=1S/C15H18BrNO2S/c1-4-17-15(13-8-10(16)9-20-13)14-11(18-2)6-5-7-12(14)19-3/h5-9,15,17H,4H2,1-3H3. The zero-order valence-corrected chi connectivity index (χ0v) is 14.2. The van der Waals surface area contributed by atoms with Crippen LogP contribution >= 0.6 is 27.3 Å². The van der Waals surface area contributed by atoms with Crippen molar-refractivity contribution < 1.29 is 9.47 Å². The van der Waals surface area contributed by atoms with Gasteiger partial charge in [0.15, 0.2) is 0 Å². The number of nitrogens with one attached hydrogen (secondary N) is 1. The normalized spacial score (nSPS) is 12.2. The molecule has 0 bridgehead atoms. The molecule has 0 amide bonds. The minimum atomic E-state index is 0.0578. The number of hydrogen-bond acceptors (Lipinski definition) is 4. The molecule has 5 heteroatoms. The van der Waals surface area contributed by atoms with Crippen molar-refractivity contribution >= 4 is 27.3 Å². The molecule has 0 aliphatic carbocycles. The SMILES string of the molecule is CCNC(c1cc(Br)cs1)c1c(OC)cccc1OC. The Kier molecular flexibility index (Phi) is 5.46. The zero-order valence-electron chi connectivity index (χ0n) is 11.8. The Hall–Kier alpha value is -1.04. The molecule has 1 unspecified atom stereocenters. The number of halogens is 1. The maximum Gasteiger partial charge on any atom is 0.127 e. The molecular weight excluding hydrogens is 338 g/mol. The van der Waals surface area contributed by atoms with E-state index in [1.54, 1.807) is 25.6 Å². The first-order valence-corrected chi connectivity index (χ1v) is 8.06. The van der Waals surface area contributed by atoms with E-state index in [9.17, 15) is 0 Å². The van der Waals surface area contributed by atoms with Crippen LogP contribution in [0.25, 0.3) is 0 Å². The molecule has 0 spiro atoms. The highest BCUT2D eigenvalue weighted by Crippen LogP contribution is 2.39. The van der Waals surface area contributed by atoms with Gasteiger partial charge in [0.1, 0.15) is 11.5 Å². The monoisotopic (exact) mass is 355 g/mol. The lowest BCUT2D eigenvalue weighted by Crippen LogP contribution is -2.22. The van der Waals surface area contributed by atoms with Gasteiger partial charge < -0.3 is 14.8 Å². The number of methoxy groups -OCH3 is 2. The zero-order chi connectivity index (χ0) is 14.5. The Morgan fingerprint density at radius 2 is 1.90 bits per heavy atom.